The van der Waals surface area contributed by atoms with E-state index in [0.717, 1.165) is 30.2 Å². The number of benzene rings is 1. The third-order valence-corrected chi connectivity index (χ3v) is 3.53. The van der Waals surface area contributed by atoms with Gasteiger partial charge in [0.1, 0.15) is 11.6 Å². The lowest BCUT2D eigenvalue weighted by molar-refractivity contribution is 0.417. The van der Waals surface area contributed by atoms with Crippen LogP contribution in [0.25, 0.3) is 0 Å². The molecule has 0 unspecified atom stereocenters. The molecule has 0 atom stereocenters. The van der Waals surface area contributed by atoms with Crippen LogP contribution in [0.2, 0.25) is 5.02 Å². The van der Waals surface area contributed by atoms with Crippen LogP contribution in [0.3, 0.4) is 0 Å². The summed E-state index contributed by atoms with van der Waals surface area (Å²) >= 11 is 6.05. The minimum Gasteiger partial charge on any atom is -0.495 e. The highest BCUT2D eigenvalue weighted by Crippen LogP contribution is 2.29. The summed E-state index contributed by atoms with van der Waals surface area (Å²) < 4.78 is 5.33. The van der Waals surface area contributed by atoms with Crippen molar-refractivity contribution in [3.8, 4) is 5.75 Å². The molecule has 2 N–H and O–H groups in total. The van der Waals surface area contributed by atoms with Crippen LogP contribution in [0.15, 0.2) is 24.3 Å². The summed E-state index contributed by atoms with van der Waals surface area (Å²) in [6, 6.07) is 7.31. The van der Waals surface area contributed by atoms with Crippen LogP contribution in [0.5, 0.6) is 5.75 Å². The highest BCUT2D eigenvalue weighted by Gasteiger charge is 2.08. The number of nitrogens with one attached hydrogen (secondary N) is 2. The SMILES string of the molecule is COc1ccc(Cl)cc1Nc1nc(C)cc(NCCC(C)C)n1. The Bertz CT molecular complexity index is 661. The highest BCUT2D eigenvalue weighted by molar-refractivity contribution is 6.30. The van der Waals surface area contributed by atoms with E-state index in [1.54, 1.807) is 19.2 Å². The topological polar surface area (TPSA) is 59.1 Å². The van der Waals surface area contributed by atoms with Crippen molar-refractivity contribution in [2.75, 3.05) is 24.3 Å². The first-order valence-electron chi connectivity index (χ1n) is 7.68. The van der Waals surface area contributed by atoms with Crippen LogP contribution >= 0.6 is 11.6 Å². The average molecular weight is 335 g/mol. The number of nitrogens with zero attached hydrogens (tertiary/aromatic N) is 2. The predicted octanol–water partition coefficient (Wildman–Crippen LogP) is 4.65. The molecule has 0 aliphatic carbocycles. The van der Waals surface area contributed by atoms with Crippen molar-refractivity contribution in [2.24, 2.45) is 5.92 Å². The molecule has 0 bridgehead atoms. The quantitative estimate of drug-likeness (QED) is 0.771. The van der Waals surface area contributed by atoms with Gasteiger partial charge in [-0.3, -0.25) is 0 Å². The molecule has 1 aromatic heterocycles. The second-order valence-corrected chi connectivity index (χ2v) is 6.23. The van der Waals surface area contributed by atoms with E-state index in [1.807, 2.05) is 19.1 Å². The molecule has 6 heteroatoms. The van der Waals surface area contributed by atoms with Gasteiger partial charge in [0.2, 0.25) is 5.95 Å². The zero-order chi connectivity index (χ0) is 16.8. The number of anilines is 3. The Morgan fingerprint density at radius 1 is 1.22 bits per heavy atom. The molecule has 0 saturated heterocycles. The van der Waals surface area contributed by atoms with E-state index >= 15 is 0 Å². The van der Waals surface area contributed by atoms with E-state index in [-0.39, 0.29) is 0 Å². The van der Waals surface area contributed by atoms with Crippen molar-refractivity contribution < 1.29 is 4.74 Å². The Kier molecular flexibility index (Phi) is 6.04. The van der Waals surface area contributed by atoms with Crippen molar-refractivity contribution in [1.29, 1.82) is 0 Å². The maximum absolute atomic E-state index is 6.05. The lowest BCUT2D eigenvalue weighted by Crippen LogP contribution is -2.08. The second kappa shape index (κ2) is 8.02. The maximum atomic E-state index is 6.05. The summed E-state index contributed by atoms with van der Waals surface area (Å²) in [6.45, 7) is 7.22. The van der Waals surface area contributed by atoms with E-state index in [9.17, 15) is 0 Å². The molecule has 0 aliphatic heterocycles. The van der Waals surface area contributed by atoms with Crippen molar-refractivity contribution >= 4 is 29.1 Å². The van der Waals surface area contributed by atoms with Gasteiger partial charge in [0, 0.05) is 23.3 Å². The van der Waals surface area contributed by atoms with Crippen molar-refractivity contribution in [1.82, 2.24) is 9.97 Å². The van der Waals surface area contributed by atoms with Crippen LogP contribution in [0, 0.1) is 12.8 Å². The van der Waals surface area contributed by atoms with Gasteiger partial charge in [0.15, 0.2) is 0 Å². The normalized spacial score (nSPS) is 10.7. The van der Waals surface area contributed by atoms with Gasteiger partial charge >= 0.3 is 0 Å². The average Bonchev–Trinajstić information content (AvgIpc) is 2.46. The molecule has 124 valence electrons. The summed E-state index contributed by atoms with van der Waals surface area (Å²) in [5, 5.41) is 7.13. The van der Waals surface area contributed by atoms with Gasteiger partial charge in [0.05, 0.1) is 12.8 Å². The van der Waals surface area contributed by atoms with E-state index < -0.39 is 0 Å². The number of hydrogen-bond donors (Lipinski definition) is 2. The second-order valence-electron chi connectivity index (χ2n) is 5.80. The number of methoxy groups -OCH3 is 1. The molecule has 0 radical (unpaired) electrons. The van der Waals surface area contributed by atoms with Crippen molar-refractivity contribution in [3.63, 3.8) is 0 Å². The number of halogens is 1. The van der Waals surface area contributed by atoms with Crippen LogP contribution in [0.4, 0.5) is 17.5 Å². The Labute approximate surface area is 142 Å². The fourth-order valence-corrected chi connectivity index (χ4v) is 2.27. The van der Waals surface area contributed by atoms with Gasteiger partial charge in [0.25, 0.3) is 0 Å². The fourth-order valence-electron chi connectivity index (χ4n) is 2.10. The Hall–Kier alpha value is -2.01. The minimum atomic E-state index is 0.512. The molecule has 2 aromatic rings. The van der Waals surface area contributed by atoms with E-state index in [1.165, 1.54) is 0 Å². The van der Waals surface area contributed by atoms with Crippen LogP contribution in [0.1, 0.15) is 26.0 Å². The molecule has 1 heterocycles. The molecule has 23 heavy (non-hydrogen) atoms. The number of hydrogen-bond acceptors (Lipinski definition) is 5. The van der Waals surface area contributed by atoms with Crippen LogP contribution in [-0.4, -0.2) is 23.6 Å². The zero-order valence-corrected chi connectivity index (χ0v) is 14.7. The summed E-state index contributed by atoms with van der Waals surface area (Å²) in [7, 11) is 1.62. The minimum absolute atomic E-state index is 0.512. The number of ether oxygens (including phenoxy) is 1. The standard InChI is InChI=1S/C17H23ClN4O/c1-11(2)7-8-19-16-9-12(3)20-17(22-16)21-14-10-13(18)5-6-15(14)23-4/h5-6,9-11H,7-8H2,1-4H3,(H2,19,20,21,22). The van der Waals surface area contributed by atoms with E-state index in [2.05, 4.69) is 34.4 Å². The predicted molar refractivity (Wildman–Crippen MR) is 96.0 cm³/mol. The number of aryl methyl sites for hydroxylation is 1. The van der Waals surface area contributed by atoms with Crippen molar-refractivity contribution in [2.45, 2.75) is 27.2 Å². The third kappa shape index (κ3) is 5.28. The smallest absolute Gasteiger partial charge is 0.229 e. The fraction of sp³-hybridized carbons (Fsp3) is 0.412. The molecule has 0 fully saturated rings. The molecule has 0 aliphatic rings. The highest BCUT2D eigenvalue weighted by atomic mass is 35.5. The summed E-state index contributed by atoms with van der Waals surface area (Å²) in [4.78, 5) is 8.92. The molecule has 2 rings (SSSR count). The first-order chi connectivity index (χ1) is 11.0. The molecule has 0 spiro atoms. The number of rotatable bonds is 7. The number of aromatic nitrogens is 2. The Morgan fingerprint density at radius 2 is 2.00 bits per heavy atom. The maximum Gasteiger partial charge on any atom is 0.229 e. The molecular weight excluding hydrogens is 312 g/mol. The molecule has 0 saturated carbocycles. The Balaban J connectivity index is 2.17. The zero-order valence-electron chi connectivity index (χ0n) is 14.0. The lowest BCUT2D eigenvalue weighted by Gasteiger charge is -2.13. The van der Waals surface area contributed by atoms with Gasteiger partial charge < -0.3 is 15.4 Å². The largest absolute Gasteiger partial charge is 0.495 e. The van der Waals surface area contributed by atoms with Gasteiger partial charge in [-0.1, -0.05) is 25.4 Å². The molecule has 1 aromatic carbocycles. The first-order valence-corrected chi connectivity index (χ1v) is 8.06. The van der Waals surface area contributed by atoms with Crippen molar-refractivity contribution in [3.05, 3.63) is 35.0 Å². The summed E-state index contributed by atoms with van der Waals surface area (Å²) in [5.41, 5.74) is 1.62. The van der Waals surface area contributed by atoms with Crippen LogP contribution in [-0.2, 0) is 0 Å². The van der Waals surface area contributed by atoms with Gasteiger partial charge in [-0.25, -0.2) is 4.98 Å². The van der Waals surface area contributed by atoms with Gasteiger partial charge in [-0.05, 0) is 37.5 Å². The first kappa shape index (κ1) is 17.3. The molecule has 5 nitrogen and oxygen atoms in total. The lowest BCUT2D eigenvalue weighted by atomic mass is 10.1. The summed E-state index contributed by atoms with van der Waals surface area (Å²) in [5.74, 6) is 2.66. The van der Waals surface area contributed by atoms with Gasteiger partial charge in [-0.15, -0.1) is 0 Å². The third-order valence-electron chi connectivity index (χ3n) is 3.29. The van der Waals surface area contributed by atoms with Gasteiger partial charge in [-0.2, -0.15) is 4.98 Å². The Morgan fingerprint density at radius 3 is 2.70 bits per heavy atom. The van der Waals surface area contributed by atoms with E-state index in [0.29, 0.717) is 22.6 Å². The monoisotopic (exact) mass is 334 g/mol. The van der Waals surface area contributed by atoms with Crippen LogP contribution < -0.4 is 15.4 Å². The molecule has 0 amide bonds. The summed E-state index contributed by atoms with van der Waals surface area (Å²) in [6.07, 6.45) is 1.09. The molecular formula is C17H23ClN4O. The van der Waals surface area contributed by atoms with E-state index in [4.69, 9.17) is 16.3 Å².